The molecule has 3 rings (SSSR count). The quantitative estimate of drug-likeness (QED) is 0.770. The van der Waals surface area contributed by atoms with E-state index in [1.807, 2.05) is 31.2 Å². The summed E-state index contributed by atoms with van der Waals surface area (Å²) in [5.41, 5.74) is 8.34. The van der Waals surface area contributed by atoms with Crippen molar-refractivity contribution in [3.8, 4) is 0 Å². The van der Waals surface area contributed by atoms with E-state index in [9.17, 15) is 4.79 Å². The maximum absolute atomic E-state index is 11.5. The van der Waals surface area contributed by atoms with Crippen LogP contribution >= 0.6 is 0 Å². The van der Waals surface area contributed by atoms with E-state index in [2.05, 4.69) is 15.0 Å². The van der Waals surface area contributed by atoms with Crippen molar-refractivity contribution < 1.29 is 4.79 Å². The van der Waals surface area contributed by atoms with Crippen molar-refractivity contribution in [1.29, 1.82) is 0 Å². The Morgan fingerprint density at radius 1 is 1.33 bits per heavy atom. The number of carbonyl (C=O) groups is 1. The van der Waals surface area contributed by atoms with Crippen LogP contribution in [0.1, 0.15) is 19.7 Å². The highest BCUT2D eigenvalue weighted by molar-refractivity contribution is 6.06. The second kappa shape index (κ2) is 5.05. The Morgan fingerprint density at radius 3 is 2.81 bits per heavy atom. The molecule has 0 aliphatic carbocycles. The number of rotatable bonds is 3. The van der Waals surface area contributed by atoms with Crippen LogP contribution in [-0.4, -0.2) is 32.3 Å². The highest BCUT2D eigenvalue weighted by Gasteiger charge is 2.14. The summed E-state index contributed by atoms with van der Waals surface area (Å²) in [5.74, 6) is 1.16. The van der Waals surface area contributed by atoms with Gasteiger partial charge in [0.15, 0.2) is 0 Å². The molecule has 0 aliphatic rings. The van der Waals surface area contributed by atoms with Gasteiger partial charge in [-0.15, -0.1) is 0 Å². The van der Waals surface area contributed by atoms with Crippen LogP contribution in [0.2, 0.25) is 0 Å². The lowest BCUT2D eigenvalue weighted by atomic mass is 10.2. The fourth-order valence-electron chi connectivity index (χ4n) is 2.46. The standard InChI is InChI=1S/C15H17N5O/c1-3-20(9(2)21)8-12-18-13-10-6-4-5-7-11(10)17-15(16)14(13)19-12/h4-7H,3,8H2,1-2H3,(H2,16,17)(H,18,19). The fourth-order valence-corrected chi connectivity index (χ4v) is 2.46. The van der Waals surface area contributed by atoms with Crippen LogP contribution in [0, 0.1) is 0 Å². The molecule has 1 amide bonds. The number of nitrogens with one attached hydrogen (secondary N) is 1. The molecule has 0 saturated heterocycles. The minimum Gasteiger partial charge on any atom is -0.382 e. The predicted molar refractivity (Wildman–Crippen MR) is 82.6 cm³/mol. The molecule has 108 valence electrons. The number of imidazole rings is 1. The Kier molecular flexibility index (Phi) is 3.21. The maximum Gasteiger partial charge on any atom is 0.219 e. The Morgan fingerprint density at radius 2 is 2.10 bits per heavy atom. The number of aromatic amines is 1. The molecule has 21 heavy (non-hydrogen) atoms. The normalized spacial score (nSPS) is 11.1. The van der Waals surface area contributed by atoms with Crippen molar-refractivity contribution in [2.75, 3.05) is 12.3 Å². The molecule has 6 heteroatoms. The van der Waals surface area contributed by atoms with E-state index < -0.39 is 0 Å². The second-order valence-electron chi connectivity index (χ2n) is 4.95. The smallest absolute Gasteiger partial charge is 0.219 e. The molecule has 0 unspecified atom stereocenters. The zero-order valence-electron chi connectivity index (χ0n) is 12.1. The van der Waals surface area contributed by atoms with Crippen molar-refractivity contribution in [3.63, 3.8) is 0 Å². The zero-order valence-corrected chi connectivity index (χ0v) is 12.1. The van der Waals surface area contributed by atoms with Gasteiger partial charge >= 0.3 is 0 Å². The molecular formula is C15H17N5O. The molecule has 0 radical (unpaired) electrons. The first kappa shape index (κ1) is 13.4. The minimum absolute atomic E-state index is 0.0221. The summed E-state index contributed by atoms with van der Waals surface area (Å²) in [5, 5.41) is 0.954. The molecule has 1 aromatic carbocycles. The Hall–Kier alpha value is -2.63. The summed E-state index contributed by atoms with van der Waals surface area (Å²) in [6.07, 6.45) is 0. The van der Waals surface area contributed by atoms with Crippen LogP contribution in [0.15, 0.2) is 24.3 Å². The Balaban J connectivity index is 2.13. The molecular weight excluding hydrogens is 266 g/mol. The third-order valence-corrected chi connectivity index (χ3v) is 3.58. The summed E-state index contributed by atoms with van der Waals surface area (Å²) in [7, 11) is 0. The minimum atomic E-state index is 0.0221. The van der Waals surface area contributed by atoms with E-state index >= 15 is 0 Å². The first-order chi connectivity index (χ1) is 10.1. The van der Waals surface area contributed by atoms with E-state index in [1.54, 1.807) is 11.8 Å². The first-order valence-corrected chi connectivity index (χ1v) is 6.88. The third kappa shape index (κ3) is 2.29. The van der Waals surface area contributed by atoms with E-state index in [4.69, 9.17) is 5.73 Å². The largest absolute Gasteiger partial charge is 0.382 e. The van der Waals surface area contributed by atoms with E-state index in [1.165, 1.54) is 0 Å². The van der Waals surface area contributed by atoms with Crippen molar-refractivity contribution >= 4 is 33.7 Å². The number of hydrogen-bond donors (Lipinski definition) is 2. The van der Waals surface area contributed by atoms with Crippen LogP contribution in [0.5, 0.6) is 0 Å². The van der Waals surface area contributed by atoms with Crippen LogP contribution in [-0.2, 0) is 11.3 Å². The van der Waals surface area contributed by atoms with Gasteiger partial charge in [0.2, 0.25) is 5.91 Å². The number of hydrogen-bond acceptors (Lipinski definition) is 4. The number of nitrogens with zero attached hydrogens (tertiary/aromatic N) is 3. The third-order valence-electron chi connectivity index (χ3n) is 3.58. The molecule has 6 nitrogen and oxygen atoms in total. The summed E-state index contributed by atoms with van der Waals surface area (Å²) >= 11 is 0. The Bertz CT molecular complexity index is 823. The van der Waals surface area contributed by atoms with Crippen LogP contribution in [0.4, 0.5) is 5.82 Å². The maximum atomic E-state index is 11.5. The number of para-hydroxylation sites is 1. The number of amides is 1. The van der Waals surface area contributed by atoms with E-state index in [0.717, 1.165) is 21.9 Å². The van der Waals surface area contributed by atoms with Gasteiger partial charge < -0.3 is 15.6 Å². The summed E-state index contributed by atoms with van der Waals surface area (Å²) in [4.78, 5) is 25.4. The molecule has 2 aromatic heterocycles. The SMILES string of the molecule is CCN(Cc1nc2c([nH]1)c(N)nc1ccccc12)C(C)=O. The van der Waals surface area contributed by atoms with Gasteiger partial charge in [0, 0.05) is 18.9 Å². The number of benzene rings is 1. The van der Waals surface area contributed by atoms with Gasteiger partial charge in [-0.3, -0.25) is 4.79 Å². The number of aromatic nitrogens is 3. The van der Waals surface area contributed by atoms with Gasteiger partial charge in [-0.2, -0.15) is 0 Å². The summed E-state index contributed by atoms with van der Waals surface area (Å²) < 4.78 is 0. The second-order valence-corrected chi connectivity index (χ2v) is 4.95. The van der Waals surface area contributed by atoms with Gasteiger partial charge in [-0.1, -0.05) is 18.2 Å². The molecule has 0 aliphatic heterocycles. The lowest BCUT2D eigenvalue weighted by molar-refractivity contribution is -0.129. The molecule has 2 heterocycles. The number of pyridine rings is 1. The number of carbonyl (C=O) groups excluding carboxylic acids is 1. The van der Waals surface area contributed by atoms with Gasteiger partial charge in [0.05, 0.1) is 12.1 Å². The monoisotopic (exact) mass is 283 g/mol. The predicted octanol–water partition coefficient (Wildman–Crippen LogP) is 2.06. The van der Waals surface area contributed by atoms with Crippen molar-refractivity contribution in [1.82, 2.24) is 19.9 Å². The Labute approximate surface area is 122 Å². The molecule has 0 bridgehead atoms. The van der Waals surface area contributed by atoms with E-state index in [-0.39, 0.29) is 5.91 Å². The lowest BCUT2D eigenvalue weighted by Crippen LogP contribution is -2.28. The highest BCUT2D eigenvalue weighted by Crippen LogP contribution is 2.26. The highest BCUT2D eigenvalue weighted by atomic mass is 16.2. The average Bonchev–Trinajstić information content (AvgIpc) is 2.89. The fraction of sp³-hybridized carbons (Fsp3) is 0.267. The van der Waals surface area contributed by atoms with Gasteiger partial charge in [-0.05, 0) is 13.0 Å². The average molecular weight is 283 g/mol. The van der Waals surface area contributed by atoms with Crippen LogP contribution in [0.25, 0.3) is 21.9 Å². The van der Waals surface area contributed by atoms with Crippen molar-refractivity contribution in [3.05, 3.63) is 30.1 Å². The number of nitrogen functional groups attached to an aromatic ring is 1. The molecule has 0 spiro atoms. The van der Waals surface area contributed by atoms with Gasteiger partial charge in [0.25, 0.3) is 0 Å². The zero-order chi connectivity index (χ0) is 15.0. The lowest BCUT2D eigenvalue weighted by Gasteiger charge is -2.16. The summed E-state index contributed by atoms with van der Waals surface area (Å²) in [6.45, 7) is 4.57. The topological polar surface area (TPSA) is 87.9 Å². The molecule has 0 atom stereocenters. The number of H-pyrrole nitrogens is 1. The summed E-state index contributed by atoms with van der Waals surface area (Å²) in [6, 6.07) is 7.75. The van der Waals surface area contributed by atoms with Crippen LogP contribution < -0.4 is 5.73 Å². The van der Waals surface area contributed by atoms with Crippen molar-refractivity contribution in [2.45, 2.75) is 20.4 Å². The molecule has 0 saturated carbocycles. The molecule has 3 aromatic rings. The van der Waals surface area contributed by atoms with E-state index in [0.29, 0.717) is 24.7 Å². The number of fused-ring (bicyclic) bond motifs is 3. The van der Waals surface area contributed by atoms with Crippen LogP contribution in [0.3, 0.4) is 0 Å². The van der Waals surface area contributed by atoms with Gasteiger partial charge in [-0.25, -0.2) is 9.97 Å². The molecule has 0 fully saturated rings. The van der Waals surface area contributed by atoms with Crippen molar-refractivity contribution in [2.24, 2.45) is 0 Å². The molecule has 3 N–H and O–H groups in total. The number of nitrogens with two attached hydrogens (primary N) is 1. The number of anilines is 1. The first-order valence-electron chi connectivity index (χ1n) is 6.88. The van der Waals surface area contributed by atoms with Gasteiger partial charge in [0.1, 0.15) is 22.7 Å².